The summed E-state index contributed by atoms with van der Waals surface area (Å²) in [6.07, 6.45) is 2.10. The minimum absolute atomic E-state index is 0.150. The van der Waals surface area contributed by atoms with Gasteiger partial charge in [0.05, 0.1) is 27.7 Å². The van der Waals surface area contributed by atoms with E-state index in [2.05, 4.69) is 21.7 Å². The number of nitrogens with zero attached hydrogens (tertiary/aromatic N) is 3. The monoisotopic (exact) mass is 317 g/mol. The molecule has 1 saturated heterocycles. The molecule has 0 spiro atoms. The summed E-state index contributed by atoms with van der Waals surface area (Å²) in [5.74, 6) is 0.751. The Morgan fingerprint density at radius 1 is 1.24 bits per heavy atom. The fourth-order valence-electron chi connectivity index (χ4n) is 2.85. The van der Waals surface area contributed by atoms with Crippen LogP contribution in [-0.4, -0.2) is 34.3 Å². The van der Waals surface area contributed by atoms with Gasteiger partial charge < -0.3 is 10.0 Å². The van der Waals surface area contributed by atoms with E-state index in [4.69, 9.17) is 9.97 Å². The first-order valence-electron chi connectivity index (χ1n) is 7.03. The van der Waals surface area contributed by atoms with Crippen LogP contribution in [0.3, 0.4) is 0 Å². The van der Waals surface area contributed by atoms with Gasteiger partial charge in [-0.25, -0.2) is 9.97 Å². The highest BCUT2D eigenvalue weighted by Crippen LogP contribution is 2.35. The minimum Gasteiger partial charge on any atom is -0.394 e. The second-order valence-electron chi connectivity index (χ2n) is 5.16. The van der Waals surface area contributed by atoms with Crippen LogP contribution in [0.25, 0.3) is 20.8 Å². The van der Waals surface area contributed by atoms with Crippen molar-refractivity contribution in [3.63, 3.8) is 0 Å². The van der Waals surface area contributed by atoms with Crippen molar-refractivity contribution < 1.29 is 5.11 Å². The number of fused-ring (bicyclic) bond motifs is 1. The van der Waals surface area contributed by atoms with Crippen LogP contribution in [0.1, 0.15) is 12.8 Å². The average Bonchev–Trinajstić information content (AvgIpc) is 3.25. The van der Waals surface area contributed by atoms with Gasteiger partial charge >= 0.3 is 0 Å². The molecule has 21 heavy (non-hydrogen) atoms. The molecule has 0 radical (unpaired) electrons. The molecule has 1 N–H and O–H groups in total. The fourth-order valence-corrected chi connectivity index (χ4v) is 4.47. The normalized spacial score (nSPS) is 18.7. The summed E-state index contributed by atoms with van der Waals surface area (Å²) in [7, 11) is 0. The summed E-state index contributed by atoms with van der Waals surface area (Å²) in [4.78, 5) is 12.8. The minimum atomic E-state index is 0.150. The third-order valence-electron chi connectivity index (χ3n) is 3.89. The van der Waals surface area contributed by atoms with Gasteiger partial charge in [-0.2, -0.15) is 0 Å². The Labute approximate surface area is 130 Å². The van der Waals surface area contributed by atoms with Crippen molar-refractivity contribution in [3.8, 4) is 10.6 Å². The lowest BCUT2D eigenvalue weighted by molar-refractivity contribution is 0.265. The SMILES string of the molecule is OC[C@H]1CCCN1c1nc(-c2cccs2)c2sccc2n1. The summed E-state index contributed by atoms with van der Waals surface area (Å²) in [5.41, 5.74) is 2.01. The van der Waals surface area contributed by atoms with Crippen LogP contribution in [0.15, 0.2) is 29.0 Å². The van der Waals surface area contributed by atoms with Gasteiger partial charge in [0, 0.05) is 6.54 Å². The fraction of sp³-hybridized carbons (Fsp3) is 0.333. The van der Waals surface area contributed by atoms with E-state index in [9.17, 15) is 5.11 Å². The van der Waals surface area contributed by atoms with Crippen molar-refractivity contribution in [1.29, 1.82) is 0 Å². The summed E-state index contributed by atoms with van der Waals surface area (Å²) in [6.45, 7) is 1.09. The van der Waals surface area contributed by atoms with Crippen molar-refractivity contribution in [1.82, 2.24) is 9.97 Å². The maximum Gasteiger partial charge on any atom is 0.226 e. The smallest absolute Gasteiger partial charge is 0.226 e. The number of aromatic nitrogens is 2. The Hall–Kier alpha value is -1.50. The Bertz CT molecular complexity index is 753. The molecular weight excluding hydrogens is 302 g/mol. The zero-order chi connectivity index (χ0) is 14.2. The summed E-state index contributed by atoms with van der Waals surface area (Å²) >= 11 is 3.38. The number of anilines is 1. The van der Waals surface area contributed by atoms with E-state index in [1.165, 1.54) is 4.88 Å². The standard InChI is InChI=1S/C15H15N3OS2/c19-9-10-3-1-6-18(10)15-16-11-5-8-21-14(11)13(17-15)12-4-2-7-20-12/h2,4-5,7-8,10,19H,1,3,6,9H2/t10-/m1/s1. The second-order valence-corrected chi connectivity index (χ2v) is 7.02. The van der Waals surface area contributed by atoms with Gasteiger partial charge in [0.15, 0.2) is 0 Å². The summed E-state index contributed by atoms with van der Waals surface area (Å²) in [5, 5.41) is 13.7. The molecule has 0 aliphatic carbocycles. The highest BCUT2D eigenvalue weighted by Gasteiger charge is 2.27. The van der Waals surface area contributed by atoms with Gasteiger partial charge in [-0.05, 0) is 35.7 Å². The van der Waals surface area contributed by atoms with Gasteiger partial charge in [0.1, 0.15) is 5.69 Å². The Kier molecular flexibility index (Phi) is 3.37. The van der Waals surface area contributed by atoms with Crippen LogP contribution in [-0.2, 0) is 0 Å². The van der Waals surface area contributed by atoms with Crippen LogP contribution in [0.5, 0.6) is 0 Å². The van der Waals surface area contributed by atoms with E-state index in [1.807, 2.05) is 12.1 Å². The molecule has 108 valence electrons. The zero-order valence-electron chi connectivity index (χ0n) is 11.4. The molecule has 0 bridgehead atoms. The lowest BCUT2D eigenvalue weighted by atomic mass is 10.2. The van der Waals surface area contributed by atoms with Crippen LogP contribution in [0, 0.1) is 0 Å². The first-order valence-corrected chi connectivity index (χ1v) is 8.79. The number of thiophene rings is 2. The first kappa shape index (κ1) is 13.2. The molecule has 4 heterocycles. The van der Waals surface area contributed by atoms with Crippen molar-refractivity contribution in [2.75, 3.05) is 18.1 Å². The molecule has 6 heteroatoms. The molecule has 1 atom stereocenters. The predicted octanol–water partition coefficient (Wildman–Crippen LogP) is 3.38. The number of hydrogen-bond acceptors (Lipinski definition) is 6. The van der Waals surface area contributed by atoms with Gasteiger partial charge in [0.25, 0.3) is 0 Å². The highest BCUT2D eigenvalue weighted by molar-refractivity contribution is 7.18. The molecule has 3 aromatic heterocycles. The van der Waals surface area contributed by atoms with Crippen LogP contribution >= 0.6 is 22.7 Å². The molecular formula is C15H15N3OS2. The lowest BCUT2D eigenvalue weighted by Gasteiger charge is -2.23. The van der Waals surface area contributed by atoms with Crippen molar-refractivity contribution in [2.45, 2.75) is 18.9 Å². The van der Waals surface area contributed by atoms with Gasteiger partial charge in [-0.1, -0.05) is 6.07 Å². The first-order chi connectivity index (χ1) is 10.4. The second kappa shape index (κ2) is 5.36. The Balaban J connectivity index is 1.87. The quantitative estimate of drug-likeness (QED) is 0.804. The predicted molar refractivity (Wildman–Crippen MR) is 88.2 cm³/mol. The molecule has 1 fully saturated rings. The maximum absolute atomic E-state index is 9.53. The number of hydrogen-bond donors (Lipinski definition) is 1. The van der Waals surface area contributed by atoms with E-state index in [1.54, 1.807) is 22.7 Å². The molecule has 3 aromatic rings. The van der Waals surface area contributed by atoms with Crippen LogP contribution < -0.4 is 4.90 Å². The molecule has 4 nitrogen and oxygen atoms in total. The van der Waals surface area contributed by atoms with Crippen molar-refractivity contribution >= 4 is 38.8 Å². The number of rotatable bonds is 3. The third-order valence-corrected chi connectivity index (χ3v) is 5.68. The Morgan fingerprint density at radius 3 is 3.00 bits per heavy atom. The van der Waals surface area contributed by atoms with Crippen LogP contribution in [0.4, 0.5) is 5.95 Å². The molecule has 0 unspecified atom stereocenters. The van der Waals surface area contributed by atoms with E-state index in [-0.39, 0.29) is 12.6 Å². The average molecular weight is 317 g/mol. The summed E-state index contributed by atoms with van der Waals surface area (Å²) in [6, 6.07) is 6.35. The van der Waals surface area contributed by atoms with Crippen LogP contribution in [0.2, 0.25) is 0 Å². The van der Waals surface area contributed by atoms with E-state index >= 15 is 0 Å². The topological polar surface area (TPSA) is 49.2 Å². The van der Waals surface area contributed by atoms with Gasteiger partial charge in [-0.15, -0.1) is 22.7 Å². The molecule has 1 aliphatic heterocycles. The zero-order valence-corrected chi connectivity index (χ0v) is 13.0. The molecule has 4 rings (SSSR count). The number of aliphatic hydroxyl groups is 1. The van der Waals surface area contributed by atoms with E-state index < -0.39 is 0 Å². The number of aliphatic hydroxyl groups excluding tert-OH is 1. The molecule has 0 saturated carbocycles. The van der Waals surface area contributed by atoms with Crippen molar-refractivity contribution in [3.05, 3.63) is 29.0 Å². The Morgan fingerprint density at radius 2 is 2.19 bits per heavy atom. The van der Waals surface area contributed by atoms with E-state index in [0.717, 1.165) is 41.2 Å². The van der Waals surface area contributed by atoms with Gasteiger partial charge in [-0.3, -0.25) is 0 Å². The van der Waals surface area contributed by atoms with Crippen molar-refractivity contribution in [2.24, 2.45) is 0 Å². The molecule has 0 aromatic carbocycles. The lowest BCUT2D eigenvalue weighted by Crippen LogP contribution is -2.33. The maximum atomic E-state index is 9.53. The summed E-state index contributed by atoms with van der Waals surface area (Å²) < 4.78 is 1.14. The third kappa shape index (κ3) is 2.23. The molecule has 0 amide bonds. The largest absolute Gasteiger partial charge is 0.394 e. The van der Waals surface area contributed by atoms with E-state index in [0.29, 0.717) is 0 Å². The highest BCUT2D eigenvalue weighted by atomic mass is 32.1. The molecule has 1 aliphatic rings. The van der Waals surface area contributed by atoms with Gasteiger partial charge in [0.2, 0.25) is 5.95 Å².